The molecule has 1 aliphatic carbocycles. The van der Waals surface area contributed by atoms with Gasteiger partial charge in [-0.3, -0.25) is 0 Å². The first-order chi connectivity index (χ1) is 8.63. The van der Waals surface area contributed by atoms with E-state index >= 15 is 0 Å². The summed E-state index contributed by atoms with van der Waals surface area (Å²) in [7, 11) is -3.29. The summed E-state index contributed by atoms with van der Waals surface area (Å²) in [6, 6.07) is 0.120. The largest absolute Gasteiger partial charge is 0.314 e. The van der Waals surface area contributed by atoms with Crippen LogP contribution in [0.15, 0.2) is 0 Å². The standard InChI is InChI=1S/C11H23N3O2S2/c1-2-17-11-5-3-4-10(11)13-18(15,16)14-8-6-12-7-9-14/h10-13H,2-9H2,1H3. The van der Waals surface area contributed by atoms with Gasteiger partial charge in [0, 0.05) is 37.5 Å². The Morgan fingerprint density at radius 1 is 1.33 bits per heavy atom. The summed E-state index contributed by atoms with van der Waals surface area (Å²) >= 11 is 1.88. The average Bonchev–Trinajstić information content (AvgIpc) is 2.78. The first-order valence-corrected chi connectivity index (χ1v) is 9.22. The van der Waals surface area contributed by atoms with Crippen molar-refractivity contribution in [2.45, 2.75) is 37.5 Å². The number of rotatable bonds is 5. The van der Waals surface area contributed by atoms with Gasteiger partial charge in [0.1, 0.15) is 0 Å². The Morgan fingerprint density at radius 2 is 2.06 bits per heavy atom. The van der Waals surface area contributed by atoms with Crippen molar-refractivity contribution in [2.75, 3.05) is 31.9 Å². The highest BCUT2D eigenvalue weighted by atomic mass is 32.2. The van der Waals surface area contributed by atoms with E-state index in [0.717, 1.165) is 38.1 Å². The van der Waals surface area contributed by atoms with Crippen LogP contribution < -0.4 is 10.0 Å². The molecule has 1 aliphatic heterocycles. The Kier molecular flexibility index (Phi) is 5.32. The van der Waals surface area contributed by atoms with Crippen molar-refractivity contribution >= 4 is 22.0 Å². The summed E-state index contributed by atoms with van der Waals surface area (Å²) in [4.78, 5) is 0. The summed E-state index contributed by atoms with van der Waals surface area (Å²) in [6.07, 6.45) is 3.24. The molecule has 0 aromatic rings. The Bertz CT molecular complexity index is 355. The zero-order valence-electron chi connectivity index (χ0n) is 10.9. The minimum absolute atomic E-state index is 0.120. The first-order valence-electron chi connectivity index (χ1n) is 6.73. The second-order valence-electron chi connectivity index (χ2n) is 4.80. The number of thioether (sulfide) groups is 1. The fourth-order valence-corrected chi connectivity index (χ4v) is 5.39. The normalized spacial score (nSPS) is 30.7. The molecule has 1 heterocycles. The molecular weight excluding hydrogens is 270 g/mol. The van der Waals surface area contributed by atoms with Gasteiger partial charge in [0.05, 0.1) is 0 Å². The second-order valence-corrected chi connectivity index (χ2v) is 8.02. The van der Waals surface area contributed by atoms with Crippen molar-refractivity contribution in [2.24, 2.45) is 0 Å². The zero-order valence-corrected chi connectivity index (χ0v) is 12.5. The van der Waals surface area contributed by atoms with E-state index in [2.05, 4.69) is 17.0 Å². The second kappa shape index (κ2) is 6.56. The number of piperazine rings is 1. The highest BCUT2D eigenvalue weighted by Gasteiger charge is 2.33. The maximum atomic E-state index is 12.3. The van der Waals surface area contributed by atoms with Crippen LogP contribution in [0.3, 0.4) is 0 Å². The first kappa shape index (κ1) is 14.6. The molecule has 0 spiro atoms. The summed E-state index contributed by atoms with van der Waals surface area (Å²) in [5.74, 6) is 1.05. The third-order valence-electron chi connectivity index (χ3n) is 3.55. The van der Waals surface area contributed by atoms with Gasteiger partial charge < -0.3 is 5.32 Å². The minimum atomic E-state index is -3.29. The molecule has 106 valence electrons. The van der Waals surface area contributed by atoms with Gasteiger partial charge in [-0.05, 0) is 18.6 Å². The summed E-state index contributed by atoms with van der Waals surface area (Å²) in [6.45, 7) is 4.78. The molecule has 2 aliphatic rings. The van der Waals surface area contributed by atoms with Crippen LogP contribution >= 0.6 is 11.8 Å². The number of nitrogens with zero attached hydrogens (tertiary/aromatic N) is 1. The summed E-state index contributed by atoms with van der Waals surface area (Å²) in [5.41, 5.74) is 0. The molecule has 18 heavy (non-hydrogen) atoms. The molecule has 2 unspecified atom stereocenters. The van der Waals surface area contributed by atoms with Crippen molar-refractivity contribution < 1.29 is 8.42 Å². The monoisotopic (exact) mass is 293 g/mol. The van der Waals surface area contributed by atoms with Gasteiger partial charge in [0.25, 0.3) is 10.2 Å². The van der Waals surface area contributed by atoms with E-state index in [1.54, 1.807) is 4.31 Å². The Morgan fingerprint density at radius 3 is 2.72 bits per heavy atom. The Hall–Kier alpha value is 0.180. The highest BCUT2D eigenvalue weighted by Crippen LogP contribution is 2.30. The molecule has 0 aromatic heterocycles. The average molecular weight is 293 g/mol. The van der Waals surface area contributed by atoms with E-state index in [4.69, 9.17) is 0 Å². The fraction of sp³-hybridized carbons (Fsp3) is 1.00. The van der Waals surface area contributed by atoms with Crippen LogP contribution in [0.2, 0.25) is 0 Å². The Labute approximate surface area is 114 Å². The maximum Gasteiger partial charge on any atom is 0.279 e. The van der Waals surface area contributed by atoms with Crippen LogP contribution in [0.1, 0.15) is 26.2 Å². The van der Waals surface area contributed by atoms with Gasteiger partial charge in [-0.1, -0.05) is 13.3 Å². The zero-order chi connectivity index (χ0) is 13.0. The van der Waals surface area contributed by atoms with Gasteiger partial charge in [0.15, 0.2) is 0 Å². The van der Waals surface area contributed by atoms with Crippen molar-refractivity contribution in [1.82, 2.24) is 14.3 Å². The number of hydrogen-bond acceptors (Lipinski definition) is 4. The smallest absolute Gasteiger partial charge is 0.279 e. The van der Waals surface area contributed by atoms with Gasteiger partial charge in [-0.25, -0.2) is 0 Å². The van der Waals surface area contributed by atoms with Gasteiger partial charge in [0.2, 0.25) is 0 Å². The lowest BCUT2D eigenvalue weighted by Crippen LogP contribution is -2.53. The van der Waals surface area contributed by atoms with Crippen LogP contribution in [0.5, 0.6) is 0 Å². The van der Waals surface area contributed by atoms with E-state index in [1.165, 1.54) is 0 Å². The Balaban J connectivity index is 1.94. The minimum Gasteiger partial charge on any atom is -0.314 e. The van der Waals surface area contributed by atoms with Gasteiger partial charge in [-0.2, -0.15) is 29.2 Å². The fourth-order valence-electron chi connectivity index (χ4n) is 2.62. The van der Waals surface area contributed by atoms with Gasteiger partial charge in [-0.15, -0.1) is 0 Å². The molecule has 2 N–H and O–H groups in total. The van der Waals surface area contributed by atoms with Crippen LogP contribution in [-0.4, -0.2) is 55.9 Å². The molecule has 0 bridgehead atoms. The van der Waals surface area contributed by atoms with Crippen LogP contribution in [0.25, 0.3) is 0 Å². The lowest BCUT2D eigenvalue weighted by atomic mass is 10.3. The predicted octanol–water partition coefficient (Wildman–Crippen LogP) is 0.400. The SMILES string of the molecule is CCSC1CCCC1NS(=O)(=O)N1CCNCC1. The maximum absolute atomic E-state index is 12.3. The number of nitrogens with one attached hydrogen (secondary N) is 2. The molecule has 1 saturated heterocycles. The third-order valence-corrected chi connectivity index (χ3v) is 6.52. The van der Waals surface area contributed by atoms with E-state index in [1.807, 2.05) is 11.8 Å². The predicted molar refractivity (Wildman–Crippen MR) is 76.1 cm³/mol. The lowest BCUT2D eigenvalue weighted by molar-refractivity contribution is 0.351. The van der Waals surface area contributed by atoms with Crippen LogP contribution in [0.4, 0.5) is 0 Å². The third kappa shape index (κ3) is 3.60. The summed E-state index contributed by atoms with van der Waals surface area (Å²) in [5, 5.41) is 3.62. The molecule has 2 atom stereocenters. The molecule has 0 radical (unpaired) electrons. The van der Waals surface area contributed by atoms with Crippen LogP contribution in [0, 0.1) is 0 Å². The molecular formula is C11H23N3O2S2. The molecule has 2 rings (SSSR count). The van der Waals surface area contributed by atoms with Crippen molar-refractivity contribution in [3.05, 3.63) is 0 Å². The van der Waals surface area contributed by atoms with E-state index in [0.29, 0.717) is 18.3 Å². The quantitative estimate of drug-likeness (QED) is 0.770. The van der Waals surface area contributed by atoms with Crippen molar-refractivity contribution in [3.63, 3.8) is 0 Å². The molecule has 0 aromatic carbocycles. The molecule has 1 saturated carbocycles. The van der Waals surface area contributed by atoms with E-state index in [9.17, 15) is 8.42 Å². The highest BCUT2D eigenvalue weighted by molar-refractivity contribution is 8.00. The lowest BCUT2D eigenvalue weighted by Gasteiger charge is -2.29. The van der Waals surface area contributed by atoms with Gasteiger partial charge >= 0.3 is 0 Å². The number of hydrogen-bond donors (Lipinski definition) is 2. The molecule has 5 nitrogen and oxygen atoms in total. The van der Waals surface area contributed by atoms with Crippen LogP contribution in [-0.2, 0) is 10.2 Å². The molecule has 2 fully saturated rings. The van der Waals surface area contributed by atoms with Crippen molar-refractivity contribution in [3.8, 4) is 0 Å². The summed E-state index contributed by atoms with van der Waals surface area (Å²) < 4.78 is 29.0. The van der Waals surface area contributed by atoms with E-state index in [-0.39, 0.29) is 6.04 Å². The topological polar surface area (TPSA) is 61.4 Å². The molecule has 0 amide bonds. The molecule has 7 heteroatoms. The van der Waals surface area contributed by atoms with Crippen molar-refractivity contribution in [1.29, 1.82) is 0 Å². The van der Waals surface area contributed by atoms with E-state index < -0.39 is 10.2 Å².